The standard InChI is InChI=1S/C14H22N2O2/c1-18-13-8-6-7-12(16-13)15-11-14(17)9-4-2-3-5-10-14/h6-8,17H,2-5,9-11H2,1H3,(H,15,16). The number of nitrogens with one attached hydrogen (secondary N) is 1. The Hall–Kier alpha value is -1.29. The molecule has 0 aliphatic heterocycles. The Kier molecular flexibility index (Phi) is 4.42. The highest BCUT2D eigenvalue weighted by atomic mass is 16.5. The van der Waals surface area contributed by atoms with Crippen LogP contribution in [-0.4, -0.2) is 29.3 Å². The zero-order valence-electron chi connectivity index (χ0n) is 11.0. The number of methoxy groups -OCH3 is 1. The van der Waals surface area contributed by atoms with Crippen molar-refractivity contribution in [3.63, 3.8) is 0 Å². The molecule has 0 atom stereocenters. The molecule has 0 saturated heterocycles. The summed E-state index contributed by atoms with van der Waals surface area (Å²) in [5, 5.41) is 13.7. The van der Waals surface area contributed by atoms with Crippen molar-refractivity contribution in [1.29, 1.82) is 0 Å². The lowest BCUT2D eigenvalue weighted by molar-refractivity contribution is 0.0380. The van der Waals surface area contributed by atoms with Crippen LogP contribution < -0.4 is 10.1 Å². The van der Waals surface area contributed by atoms with Crippen LogP contribution in [0.3, 0.4) is 0 Å². The lowest BCUT2D eigenvalue weighted by atomic mass is 9.94. The van der Waals surface area contributed by atoms with Crippen molar-refractivity contribution in [2.45, 2.75) is 44.1 Å². The highest BCUT2D eigenvalue weighted by Gasteiger charge is 2.27. The van der Waals surface area contributed by atoms with Gasteiger partial charge in [-0.3, -0.25) is 0 Å². The number of rotatable bonds is 4. The molecule has 0 unspecified atom stereocenters. The largest absolute Gasteiger partial charge is 0.481 e. The van der Waals surface area contributed by atoms with E-state index in [4.69, 9.17) is 4.74 Å². The van der Waals surface area contributed by atoms with Crippen LogP contribution in [0, 0.1) is 0 Å². The Bertz CT molecular complexity index is 374. The van der Waals surface area contributed by atoms with E-state index in [1.54, 1.807) is 7.11 Å². The van der Waals surface area contributed by atoms with Gasteiger partial charge < -0.3 is 15.2 Å². The maximum atomic E-state index is 10.5. The van der Waals surface area contributed by atoms with Gasteiger partial charge in [-0.2, -0.15) is 4.98 Å². The van der Waals surface area contributed by atoms with Crippen LogP contribution in [0.25, 0.3) is 0 Å². The molecular weight excluding hydrogens is 228 g/mol. The van der Waals surface area contributed by atoms with E-state index < -0.39 is 5.60 Å². The number of ether oxygens (including phenoxy) is 1. The molecule has 1 fully saturated rings. The lowest BCUT2D eigenvalue weighted by Gasteiger charge is -2.27. The Morgan fingerprint density at radius 3 is 2.67 bits per heavy atom. The van der Waals surface area contributed by atoms with Crippen molar-refractivity contribution in [3.8, 4) is 5.88 Å². The number of hydrogen-bond acceptors (Lipinski definition) is 4. The zero-order valence-corrected chi connectivity index (χ0v) is 11.0. The highest BCUT2D eigenvalue weighted by Crippen LogP contribution is 2.27. The molecule has 1 aromatic heterocycles. The number of pyridine rings is 1. The van der Waals surface area contributed by atoms with Gasteiger partial charge in [-0.15, -0.1) is 0 Å². The Labute approximate surface area is 108 Å². The maximum absolute atomic E-state index is 10.5. The van der Waals surface area contributed by atoms with Gasteiger partial charge in [0.2, 0.25) is 5.88 Å². The van der Waals surface area contributed by atoms with E-state index >= 15 is 0 Å². The predicted octanol–water partition coefficient (Wildman–Crippen LogP) is 2.59. The Morgan fingerprint density at radius 1 is 1.28 bits per heavy atom. The summed E-state index contributed by atoms with van der Waals surface area (Å²) in [4.78, 5) is 4.29. The summed E-state index contributed by atoms with van der Waals surface area (Å²) in [5.41, 5.74) is -0.582. The Morgan fingerprint density at radius 2 is 2.00 bits per heavy atom. The van der Waals surface area contributed by atoms with Crippen LogP contribution in [-0.2, 0) is 0 Å². The summed E-state index contributed by atoms with van der Waals surface area (Å²) < 4.78 is 5.08. The molecule has 100 valence electrons. The minimum Gasteiger partial charge on any atom is -0.481 e. The van der Waals surface area contributed by atoms with Gasteiger partial charge in [0.25, 0.3) is 0 Å². The van der Waals surface area contributed by atoms with E-state index in [0.29, 0.717) is 12.4 Å². The molecule has 0 radical (unpaired) electrons. The first kappa shape index (κ1) is 13.1. The molecule has 1 aliphatic rings. The maximum Gasteiger partial charge on any atom is 0.214 e. The molecule has 1 aliphatic carbocycles. The second-order valence-corrected chi connectivity index (χ2v) is 5.06. The van der Waals surface area contributed by atoms with E-state index in [9.17, 15) is 5.11 Å². The SMILES string of the molecule is COc1cccc(NCC2(O)CCCCCC2)n1. The fourth-order valence-corrected chi connectivity index (χ4v) is 2.45. The summed E-state index contributed by atoms with van der Waals surface area (Å²) in [5.74, 6) is 1.35. The number of nitrogens with zero attached hydrogens (tertiary/aromatic N) is 1. The number of anilines is 1. The average Bonchev–Trinajstić information content (AvgIpc) is 2.62. The molecule has 2 N–H and O–H groups in total. The third-order valence-electron chi connectivity index (χ3n) is 3.57. The minimum absolute atomic E-state index is 0.563. The van der Waals surface area contributed by atoms with Crippen molar-refractivity contribution in [2.75, 3.05) is 19.0 Å². The molecular formula is C14H22N2O2. The van der Waals surface area contributed by atoms with Gasteiger partial charge in [0.1, 0.15) is 5.82 Å². The van der Waals surface area contributed by atoms with Gasteiger partial charge in [0.05, 0.1) is 12.7 Å². The quantitative estimate of drug-likeness (QED) is 0.806. The van der Waals surface area contributed by atoms with Gasteiger partial charge in [-0.05, 0) is 18.9 Å². The minimum atomic E-state index is -0.582. The van der Waals surface area contributed by atoms with Gasteiger partial charge in [-0.1, -0.05) is 31.7 Å². The summed E-state index contributed by atoms with van der Waals surface area (Å²) in [6.07, 6.45) is 6.46. The third kappa shape index (κ3) is 3.60. The van der Waals surface area contributed by atoms with Gasteiger partial charge in [-0.25, -0.2) is 0 Å². The summed E-state index contributed by atoms with van der Waals surface area (Å²) >= 11 is 0. The second kappa shape index (κ2) is 6.05. The van der Waals surface area contributed by atoms with E-state index in [0.717, 1.165) is 31.5 Å². The summed E-state index contributed by atoms with van der Waals surface area (Å²) in [6.45, 7) is 0.563. The normalized spacial score (nSPS) is 19.0. The molecule has 0 bridgehead atoms. The molecule has 4 nitrogen and oxygen atoms in total. The van der Waals surface area contributed by atoms with Crippen LogP contribution in [0.2, 0.25) is 0 Å². The first-order valence-corrected chi connectivity index (χ1v) is 6.69. The van der Waals surface area contributed by atoms with E-state index in [1.165, 1.54) is 12.8 Å². The van der Waals surface area contributed by atoms with Crippen molar-refractivity contribution in [1.82, 2.24) is 4.98 Å². The van der Waals surface area contributed by atoms with Crippen LogP contribution in [0.1, 0.15) is 38.5 Å². The van der Waals surface area contributed by atoms with Crippen molar-refractivity contribution >= 4 is 5.82 Å². The lowest BCUT2D eigenvalue weighted by Crippen LogP contribution is -2.36. The second-order valence-electron chi connectivity index (χ2n) is 5.06. The molecule has 1 aromatic rings. The smallest absolute Gasteiger partial charge is 0.214 e. The summed E-state index contributed by atoms with van der Waals surface area (Å²) in [7, 11) is 1.60. The molecule has 2 rings (SSSR count). The van der Waals surface area contributed by atoms with Crippen LogP contribution >= 0.6 is 0 Å². The first-order chi connectivity index (χ1) is 8.72. The van der Waals surface area contributed by atoms with Crippen LogP contribution in [0.4, 0.5) is 5.82 Å². The topological polar surface area (TPSA) is 54.4 Å². The van der Waals surface area contributed by atoms with E-state index in [-0.39, 0.29) is 0 Å². The summed E-state index contributed by atoms with van der Waals surface area (Å²) in [6, 6.07) is 5.60. The molecule has 0 amide bonds. The van der Waals surface area contributed by atoms with E-state index in [1.807, 2.05) is 18.2 Å². The van der Waals surface area contributed by atoms with Gasteiger partial charge >= 0.3 is 0 Å². The number of aliphatic hydroxyl groups is 1. The molecule has 18 heavy (non-hydrogen) atoms. The average molecular weight is 250 g/mol. The first-order valence-electron chi connectivity index (χ1n) is 6.69. The molecule has 1 heterocycles. The number of hydrogen-bond donors (Lipinski definition) is 2. The number of aromatic nitrogens is 1. The molecule has 1 saturated carbocycles. The van der Waals surface area contributed by atoms with Crippen LogP contribution in [0.5, 0.6) is 5.88 Å². The van der Waals surface area contributed by atoms with Gasteiger partial charge in [0.15, 0.2) is 0 Å². The molecule has 4 heteroatoms. The highest BCUT2D eigenvalue weighted by molar-refractivity contribution is 5.37. The van der Waals surface area contributed by atoms with Crippen molar-refractivity contribution < 1.29 is 9.84 Å². The fraction of sp³-hybridized carbons (Fsp3) is 0.643. The predicted molar refractivity (Wildman–Crippen MR) is 71.9 cm³/mol. The monoisotopic (exact) mass is 250 g/mol. The van der Waals surface area contributed by atoms with E-state index in [2.05, 4.69) is 10.3 Å². The van der Waals surface area contributed by atoms with Gasteiger partial charge in [0, 0.05) is 12.6 Å². The third-order valence-corrected chi connectivity index (χ3v) is 3.57. The molecule has 0 aromatic carbocycles. The zero-order chi connectivity index (χ0) is 12.8. The van der Waals surface area contributed by atoms with Crippen LogP contribution in [0.15, 0.2) is 18.2 Å². The van der Waals surface area contributed by atoms with Crippen molar-refractivity contribution in [3.05, 3.63) is 18.2 Å². The van der Waals surface area contributed by atoms with Crippen molar-refractivity contribution in [2.24, 2.45) is 0 Å². The fourth-order valence-electron chi connectivity index (χ4n) is 2.45. The molecule has 0 spiro atoms. The Balaban J connectivity index is 1.92.